The first kappa shape index (κ1) is 14.8. The minimum absolute atomic E-state index is 0.463. The van der Waals surface area contributed by atoms with Crippen molar-refractivity contribution in [2.24, 2.45) is 0 Å². The summed E-state index contributed by atoms with van der Waals surface area (Å²) in [6, 6.07) is 5.86. The Hall–Kier alpha value is -0.580. The highest BCUT2D eigenvalue weighted by Crippen LogP contribution is 2.34. The smallest absolute Gasteiger partial charge is 0.0821 e. The molecule has 0 bridgehead atoms. The predicted octanol–water partition coefficient (Wildman–Crippen LogP) is 3.24. The summed E-state index contributed by atoms with van der Waals surface area (Å²) < 4.78 is 0.954. The first-order chi connectivity index (χ1) is 8.91. The SMILES string of the molecule is C[C@@H](O)c1ccc(N(C)CC2(O)CCCC2)c(Br)c1. The maximum Gasteiger partial charge on any atom is 0.0821 e. The molecule has 3 nitrogen and oxygen atoms in total. The normalized spacial score (nSPS) is 19.4. The molecule has 1 aliphatic rings. The number of nitrogens with zero attached hydrogens (tertiary/aromatic N) is 1. The van der Waals surface area contributed by atoms with E-state index in [-0.39, 0.29) is 0 Å². The lowest BCUT2D eigenvalue weighted by molar-refractivity contribution is 0.0559. The van der Waals surface area contributed by atoms with E-state index < -0.39 is 11.7 Å². The molecule has 1 aromatic rings. The summed E-state index contributed by atoms with van der Waals surface area (Å²) in [5, 5.41) is 20.0. The van der Waals surface area contributed by atoms with Gasteiger partial charge in [-0.05, 0) is 53.4 Å². The van der Waals surface area contributed by atoms with Crippen molar-refractivity contribution >= 4 is 21.6 Å². The van der Waals surface area contributed by atoms with Crippen LogP contribution in [0.5, 0.6) is 0 Å². The van der Waals surface area contributed by atoms with Crippen LogP contribution in [0.2, 0.25) is 0 Å². The quantitative estimate of drug-likeness (QED) is 0.892. The standard InChI is InChI=1S/C15H22BrNO2/c1-11(18)12-5-6-14(13(16)9-12)17(2)10-15(19)7-3-4-8-15/h5-6,9,11,18-19H,3-4,7-8,10H2,1-2H3/t11-/m1/s1. The van der Waals surface area contributed by atoms with Gasteiger partial charge >= 0.3 is 0 Å². The predicted molar refractivity (Wildman–Crippen MR) is 81.5 cm³/mol. The molecule has 1 atom stereocenters. The molecule has 0 aliphatic heterocycles. The van der Waals surface area contributed by atoms with Crippen LogP contribution in [-0.2, 0) is 0 Å². The van der Waals surface area contributed by atoms with Gasteiger partial charge in [-0.2, -0.15) is 0 Å². The lowest BCUT2D eigenvalue weighted by Gasteiger charge is -2.30. The summed E-state index contributed by atoms with van der Waals surface area (Å²) in [5.74, 6) is 0. The van der Waals surface area contributed by atoms with Crippen molar-refractivity contribution in [3.8, 4) is 0 Å². The average molecular weight is 328 g/mol. The van der Waals surface area contributed by atoms with Gasteiger partial charge in [0, 0.05) is 18.1 Å². The van der Waals surface area contributed by atoms with E-state index in [1.54, 1.807) is 6.92 Å². The summed E-state index contributed by atoms with van der Waals surface area (Å²) in [7, 11) is 2.00. The Morgan fingerprint density at radius 2 is 2.00 bits per heavy atom. The minimum atomic E-state index is -0.545. The number of benzene rings is 1. The Labute approximate surface area is 123 Å². The molecule has 0 unspecified atom stereocenters. The highest BCUT2D eigenvalue weighted by Gasteiger charge is 2.32. The van der Waals surface area contributed by atoms with E-state index >= 15 is 0 Å². The van der Waals surface area contributed by atoms with Crippen LogP contribution in [0.1, 0.15) is 44.3 Å². The number of aliphatic hydroxyl groups is 2. The Morgan fingerprint density at radius 1 is 1.37 bits per heavy atom. The molecule has 0 radical (unpaired) electrons. The van der Waals surface area contributed by atoms with Crippen LogP contribution in [0.3, 0.4) is 0 Å². The third-order valence-electron chi connectivity index (χ3n) is 3.93. The van der Waals surface area contributed by atoms with Crippen molar-refractivity contribution in [1.29, 1.82) is 0 Å². The van der Waals surface area contributed by atoms with Crippen molar-refractivity contribution in [3.05, 3.63) is 28.2 Å². The van der Waals surface area contributed by atoms with Gasteiger partial charge in [-0.25, -0.2) is 0 Å². The van der Waals surface area contributed by atoms with E-state index in [0.29, 0.717) is 6.54 Å². The van der Waals surface area contributed by atoms with Gasteiger partial charge in [-0.1, -0.05) is 18.9 Å². The second-order valence-corrected chi connectivity index (χ2v) is 6.53. The zero-order valence-corrected chi connectivity index (χ0v) is 13.2. The zero-order chi connectivity index (χ0) is 14.0. The van der Waals surface area contributed by atoms with Crippen molar-refractivity contribution < 1.29 is 10.2 Å². The Morgan fingerprint density at radius 3 is 2.53 bits per heavy atom. The average Bonchev–Trinajstić information content (AvgIpc) is 2.75. The number of anilines is 1. The molecule has 19 heavy (non-hydrogen) atoms. The van der Waals surface area contributed by atoms with Crippen molar-refractivity contribution in [1.82, 2.24) is 0 Å². The summed E-state index contributed by atoms with van der Waals surface area (Å²) >= 11 is 3.55. The maximum atomic E-state index is 10.5. The van der Waals surface area contributed by atoms with E-state index in [1.165, 1.54) is 0 Å². The van der Waals surface area contributed by atoms with Gasteiger partial charge in [-0.15, -0.1) is 0 Å². The zero-order valence-electron chi connectivity index (χ0n) is 11.6. The van der Waals surface area contributed by atoms with Gasteiger partial charge in [0.2, 0.25) is 0 Å². The third-order valence-corrected chi connectivity index (χ3v) is 4.57. The second kappa shape index (κ2) is 5.81. The van der Waals surface area contributed by atoms with Crippen LogP contribution in [0.25, 0.3) is 0 Å². The van der Waals surface area contributed by atoms with Gasteiger partial charge in [0.1, 0.15) is 0 Å². The van der Waals surface area contributed by atoms with E-state index in [4.69, 9.17) is 0 Å². The van der Waals surface area contributed by atoms with E-state index in [9.17, 15) is 10.2 Å². The number of halogens is 1. The molecule has 4 heteroatoms. The lowest BCUT2D eigenvalue weighted by Crippen LogP contribution is -2.39. The van der Waals surface area contributed by atoms with Crippen molar-refractivity contribution in [2.45, 2.75) is 44.3 Å². The fraction of sp³-hybridized carbons (Fsp3) is 0.600. The van der Waals surface area contributed by atoms with Crippen LogP contribution >= 0.6 is 15.9 Å². The molecular weight excluding hydrogens is 306 g/mol. The van der Waals surface area contributed by atoms with Gasteiger partial charge in [0.25, 0.3) is 0 Å². The van der Waals surface area contributed by atoms with E-state index in [2.05, 4.69) is 20.8 Å². The summed E-state index contributed by atoms with van der Waals surface area (Å²) in [6.45, 7) is 2.41. The van der Waals surface area contributed by atoms with E-state index in [0.717, 1.165) is 41.4 Å². The molecule has 0 aromatic heterocycles. The number of rotatable bonds is 4. The third kappa shape index (κ3) is 3.50. The summed E-state index contributed by atoms with van der Waals surface area (Å²) in [5.41, 5.74) is 1.39. The molecule has 0 saturated heterocycles. The maximum absolute atomic E-state index is 10.5. The fourth-order valence-corrected chi connectivity index (χ4v) is 3.51. The molecule has 1 fully saturated rings. The highest BCUT2D eigenvalue weighted by atomic mass is 79.9. The van der Waals surface area contributed by atoms with Crippen molar-refractivity contribution in [3.63, 3.8) is 0 Å². The molecule has 0 spiro atoms. The lowest BCUT2D eigenvalue weighted by atomic mass is 10.0. The molecule has 1 aliphatic carbocycles. The number of hydrogen-bond donors (Lipinski definition) is 2. The molecule has 2 rings (SSSR count). The molecular formula is C15H22BrNO2. The topological polar surface area (TPSA) is 43.7 Å². The Kier molecular flexibility index (Phi) is 4.54. The van der Waals surface area contributed by atoms with Gasteiger partial charge in [0.05, 0.1) is 17.4 Å². The van der Waals surface area contributed by atoms with Crippen LogP contribution < -0.4 is 4.90 Å². The molecule has 106 valence electrons. The number of hydrogen-bond acceptors (Lipinski definition) is 3. The Bertz CT molecular complexity index is 442. The first-order valence-corrected chi connectivity index (χ1v) is 7.62. The molecule has 1 saturated carbocycles. The number of aliphatic hydroxyl groups excluding tert-OH is 1. The first-order valence-electron chi connectivity index (χ1n) is 6.82. The largest absolute Gasteiger partial charge is 0.389 e. The summed E-state index contributed by atoms with van der Waals surface area (Å²) in [4.78, 5) is 2.08. The minimum Gasteiger partial charge on any atom is -0.389 e. The van der Waals surface area contributed by atoms with Crippen LogP contribution in [0, 0.1) is 0 Å². The van der Waals surface area contributed by atoms with Crippen LogP contribution in [0.15, 0.2) is 22.7 Å². The highest BCUT2D eigenvalue weighted by molar-refractivity contribution is 9.10. The van der Waals surface area contributed by atoms with Crippen LogP contribution in [0.4, 0.5) is 5.69 Å². The van der Waals surface area contributed by atoms with Gasteiger partial charge < -0.3 is 15.1 Å². The second-order valence-electron chi connectivity index (χ2n) is 5.67. The van der Waals surface area contributed by atoms with Gasteiger partial charge in [0.15, 0.2) is 0 Å². The van der Waals surface area contributed by atoms with Crippen LogP contribution in [-0.4, -0.2) is 29.4 Å². The Balaban J connectivity index is 2.12. The summed E-state index contributed by atoms with van der Waals surface area (Å²) in [6.07, 6.45) is 3.55. The molecule has 2 N–H and O–H groups in total. The van der Waals surface area contributed by atoms with Crippen molar-refractivity contribution in [2.75, 3.05) is 18.5 Å². The number of likely N-dealkylation sites (N-methyl/N-ethyl adjacent to an activating group) is 1. The van der Waals surface area contributed by atoms with E-state index in [1.807, 2.05) is 25.2 Å². The monoisotopic (exact) mass is 327 g/mol. The fourth-order valence-electron chi connectivity index (χ4n) is 2.81. The molecule has 1 aromatic carbocycles. The van der Waals surface area contributed by atoms with Gasteiger partial charge in [-0.3, -0.25) is 0 Å². The molecule has 0 amide bonds. The molecule has 0 heterocycles.